The predicted octanol–water partition coefficient (Wildman–Crippen LogP) is 2.65. The van der Waals surface area contributed by atoms with Crippen molar-refractivity contribution in [3.8, 4) is 5.75 Å². The highest BCUT2D eigenvalue weighted by molar-refractivity contribution is 5.77. The lowest BCUT2D eigenvalue weighted by molar-refractivity contribution is -0.385. The van der Waals surface area contributed by atoms with E-state index in [0.29, 0.717) is 6.07 Å². The van der Waals surface area contributed by atoms with Crippen LogP contribution < -0.4 is 10.1 Å². The second-order valence-electron chi connectivity index (χ2n) is 4.93. The molecule has 0 amide bonds. The van der Waals surface area contributed by atoms with Gasteiger partial charge in [0.2, 0.25) is 0 Å². The van der Waals surface area contributed by atoms with E-state index < -0.39 is 28.4 Å². The summed E-state index contributed by atoms with van der Waals surface area (Å²) in [5.74, 6) is -2.09. The van der Waals surface area contributed by atoms with Crippen molar-refractivity contribution in [2.75, 3.05) is 12.4 Å². The molecule has 7 nitrogen and oxygen atoms in total. The number of methoxy groups -OCH3 is 1. The van der Waals surface area contributed by atoms with E-state index in [-0.39, 0.29) is 23.8 Å². The third-order valence-corrected chi connectivity index (χ3v) is 2.80. The number of anilines is 1. The van der Waals surface area contributed by atoms with E-state index >= 15 is 0 Å². The Bertz CT molecular complexity index is 548. The smallest absolute Gasteiger partial charge is 0.326 e. The summed E-state index contributed by atoms with van der Waals surface area (Å²) >= 11 is 0. The number of aliphatic carboxylic acids is 1. The Morgan fingerprint density at radius 1 is 1.52 bits per heavy atom. The number of benzene rings is 1. The van der Waals surface area contributed by atoms with Crippen LogP contribution in [0.3, 0.4) is 0 Å². The van der Waals surface area contributed by atoms with Crippen LogP contribution in [0.5, 0.6) is 5.75 Å². The van der Waals surface area contributed by atoms with Gasteiger partial charge in [0, 0.05) is 6.07 Å². The van der Waals surface area contributed by atoms with Crippen LogP contribution in [0.25, 0.3) is 0 Å². The predicted molar refractivity (Wildman–Crippen MR) is 74.1 cm³/mol. The Morgan fingerprint density at radius 3 is 2.57 bits per heavy atom. The van der Waals surface area contributed by atoms with E-state index in [9.17, 15) is 19.3 Å². The molecule has 0 unspecified atom stereocenters. The number of halogens is 1. The van der Waals surface area contributed by atoms with Crippen LogP contribution in [0.1, 0.15) is 20.3 Å². The molecule has 116 valence electrons. The number of nitrogens with zero attached hydrogens (tertiary/aromatic N) is 1. The molecule has 1 rings (SSSR count). The Balaban J connectivity index is 3.12. The van der Waals surface area contributed by atoms with Crippen molar-refractivity contribution in [3.63, 3.8) is 0 Å². The van der Waals surface area contributed by atoms with Crippen molar-refractivity contribution in [1.29, 1.82) is 0 Å². The summed E-state index contributed by atoms with van der Waals surface area (Å²) in [6.07, 6.45) is 0.286. The first-order valence-corrected chi connectivity index (χ1v) is 6.27. The summed E-state index contributed by atoms with van der Waals surface area (Å²) in [6, 6.07) is 0.796. The largest absolute Gasteiger partial charge is 0.490 e. The lowest BCUT2D eigenvalue weighted by atomic mass is 10.0. The number of ether oxygens (including phenoxy) is 1. The molecule has 0 saturated heterocycles. The number of nitro benzene ring substituents is 1. The van der Waals surface area contributed by atoms with Crippen LogP contribution in [0.15, 0.2) is 12.1 Å². The lowest BCUT2D eigenvalue weighted by Gasteiger charge is -2.18. The monoisotopic (exact) mass is 300 g/mol. The Morgan fingerprint density at radius 2 is 2.14 bits per heavy atom. The molecule has 1 aromatic rings. The van der Waals surface area contributed by atoms with E-state index in [0.717, 1.165) is 6.07 Å². The highest BCUT2D eigenvalue weighted by Crippen LogP contribution is 2.32. The molecule has 2 N–H and O–H groups in total. The molecule has 0 spiro atoms. The third kappa shape index (κ3) is 4.30. The summed E-state index contributed by atoms with van der Waals surface area (Å²) in [5.41, 5.74) is -0.665. The van der Waals surface area contributed by atoms with E-state index in [1.807, 2.05) is 13.8 Å². The standard InChI is InChI=1S/C13H17FN2O5/c1-7(2)4-10(13(17)18)15-9-6-12(21-3)11(16(19)20)5-8(9)14/h5-7,10,15H,4H2,1-3H3,(H,17,18)/t10-/m1/s1. The van der Waals surface area contributed by atoms with Crippen LogP contribution >= 0.6 is 0 Å². The summed E-state index contributed by atoms with van der Waals surface area (Å²) in [7, 11) is 1.22. The molecule has 0 saturated carbocycles. The molecule has 1 aromatic carbocycles. The fourth-order valence-corrected chi connectivity index (χ4v) is 1.84. The van der Waals surface area contributed by atoms with E-state index in [4.69, 9.17) is 9.84 Å². The molecular formula is C13H17FN2O5. The molecule has 8 heteroatoms. The van der Waals surface area contributed by atoms with Gasteiger partial charge in [0.1, 0.15) is 6.04 Å². The Kier molecular flexibility index (Phi) is 5.45. The Hall–Kier alpha value is -2.38. The normalized spacial score (nSPS) is 12.0. The van der Waals surface area contributed by atoms with Gasteiger partial charge in [-0.2, -0.15) is 0 Å². The first-order chi connectivity index (χ1) is 9.76. The molecule has 0 aliphatic rings. The summed E-state index contributed by atoms with van der Waals surface area (Å²) in [4.78, 5) is 21.2. The topological polar surface area (TPSA) is 102 Å². The average molecular weight is 300 g/mol. The molecule has 0 heterocycles. The number of nitrogens with one attached hydrogen (secondary N) is 1. The second-order valence-corrected chi connectivity index (χ2v) is 4.93. The molecule has 0 radical (unpaired) electrons. The van der Waals surface area contributed by atoms with Gasteiger partial charge in [-0.1, -0.05) is 13.8 Å². The fourth-order valence-electron chi connectivity index (χ4n) is 1.84. The lowest BCUT2D eigenvalue weighted by Crippen LogP contribution is -2.31. The van der Waals surface area contributed by atoms with Crippen LogP contribution in [-0.2, 0) is 4.79 Å². The number of rotatable bonds is 7. The first-order valence-electron chi connectivity index (χ1n) is 6.27. The number of hydrogen-bond donors (Lipinski definition) is 2. The summed E-state index contributed by atoms with van der Waals surface area (Å²) < 4.78 is 18.7. The quantitative estimate of drug-likeness (QED) is 0.593. The maximum Gasteiger partial charge on any atom is 0.326 e. The number of hydrogen-bond acceptors (Lipinski definition) is 5. The molecule has 1 atom stereocenters. The molecule has 21 heavy (non-hydrogen) atoms. The third-order valence-electron chi connectivity index (χ3n) is 2.80. The van der Waals surface area contributed by atoms with Gasteiger partial charge < -0.3 is 15.2 Å². The van der Waals surface area contributed by atoms with E-state index in [1.54, 1.807) is 0 Å². The Labute approximate surface area is 120 Å². The number of carboxylic acid groups (broad SMARTS) is 1. The summed E-state index contributed by atoms with van der Waals surface area (Å²) in [6.45, 7) is 3.68. The molecule has 0 fully saturated rings. The van der Waals surface area contributed by atoms with Crippen molar-refractivity contribution < 1.29 is 24.0 Å². The van der Waals surface area contributed by atoms with Crippen LogP contribution in [-0.4, -0.2) is 29.2 Å². The molecule has 0 bridgehead atoms. The van der Waals surface area contributed by atoms with Gasteiger partial charge in [-0.25, -0.2) is 9.18 Å². The van der Waals surface area contributed by atoms with Gasteiger partial charge in [-0.15, -0.1) is 0 Å². The number of carboxylic acids is 1. The van der Waals surface area contributed by atoms with Crippen molar-refractivity contribution in [2.45, 2.75) is 26.3 Å². The van der Waals surface area contributed by atoms with Gasteiger partial charge in [-0.05, 0) is 12.3 Å². The van der Waals surface area contributed by atoms with Gasteiger partial charge in [-0.3, -0.25) is 10.1 Å². The van der Waals surface area contributed by atoms with Gasteiger partial charge >= 0.3 is 11.7 Å². The first kappa shape index (κ1) is 16.7. The minimum atomic E-state index is -1.12. The molecular weight excluding hydrogens is 283 g/mol. The average Bonchev–Trinajstić information content (AvgIpc) is 2.38. The van der Waals surface area contributed by atoms with Crippen molar-refractivity contribution >= 4 is 17.3 Å². The highest BCUT2D eigenvalue weighted by atomic mass is 19.1. The molecule has 0 aliphatic heterocycles. The SMILES string of the molecule is COc1cc(N[C@H](CC(C)C)C(=O)O)c(F)cc1[N+](=O)[O-]. The zero-order valence-electron chi connectivity index (χ0n) is 11.9. The van der Waals surface area contributed by atoms with Gasteiger partial charge in [0.25, 0.3) is 0 Å². The maximum absolute atomic E-state index is 13.9. The van der Waals surface area contributed by atoms with Crippen LogP contribution in [0, 0.1) is 21.8 Å². The zero-order valence-corrected chi connectivity index (χ0v) is 11.9. The van der Waals surface area contributed by atoms with Crippen molar-refractivity contribution in [2.24, 2.45) is 5.92 Å². The van der Waals surface area contributed by atoms with Crippen LogP contribution in [0.2, 0.25) is 0 Å². The van der Waals surface area contributed by atoms with Gasteiger partial charge in [0.05, 0.1) is 23.8 Å². The molecule has 0 aliphatic carbocycles. The van der Waals surface area contributed by atoms with Gasteiger partial charge in [0.15, 0.2) is 11.6 Å². The van der Waals surface area contributed by atoms with Crippen molar-refractivity contribution in [3.05, 3.63) is 28.1 Å². The number of nitro groups is 1. The van der Waals surface area contributed by atoms with Crippen molar-refractivity contribution in [1.82, 2.24) is 0 Å². The minimum absolute atomic E-state index is 0.0848. The molecule has 0 aromatic heterocycles. The number of carbonyl (C=O) groups is 1. The van der Waals surface area contributed by atoms with Crippen LogP contribution in [0.4, 0.5) is 15.8 Å². The highest BCUT2D eigenvalue weighted by Gasteiger charge is 2.24. The fraction of sp³-hybridized carbons (Fsp3) is 0.462. The minimum Gasteiger partial charge on any atom is -0.490 e. The summed E-state index contributed by atoms with van der Waals surface area (Å²) in [5, 5.41) is 22.4. The van der Waals surface area contributed by atoms with E-state index in [1.165, 1.54) is 7.11 Å². The zero-order chi connectivity index (χ0) is 16.2. The van der Waals surface area contributed by atoms with E-state index in [2.05, 4.69) is 5.32 Å². The second kappa shape index (κ2) is 6.87. The maximum atomic E-state index is 13.9.